The highest BCUT2D eigenvalue weighted by Gasteiger charge is 2.46. The van der Waals surface area contributed by atoms with Crippen molar-refractivity contribution in [1.29, 1.82) is 0 Å². The van der Waals surface area contributed by atoms with E-state index in [0.29, 0.717) is 10.6 Å². The molecule has 2 unspecified atom stereocenters. The maximum absolute atomic E-state index is 11.1. The van der Waals surface area contributed by atoms with Gasteiger partial charge in [0.2, 0.25) is 0 Å². The smallest absolute Gasteiger partial charge is 0.336 e. The van der Waals surface area contributed by atoms with Crippen LogP contribution in [0.15, 0.2) is 24.3 Å². The first-order valence-electron chi connectivity index (χ1n) is 5.23. The minimum Gasteiger partial charge on any atom is -0.479 e. The summed E-state index contributed by atoms with van der Waals surface area (Å²) in [5.74, 6) is -1.98. The van der Waals surface area contributed by atoms with Gasteiger partial charge < -0.3 is 14.6 Å². The van der Waals surface area contributed by atoms with Gasteiger partial charge in [-0.15, -0.1) is 0 Å². The van der Waals surface area contributed by atoms with Crippen LogP contribution in [0, 0.1) is 0 Å². The second-order valence-corrected chi connectivity index (χ2v) is 4.74. The lowest BCUT2D eigenvalue weighted by molar-refractivity contribution is -0.165. The standard InChI is InChI=1S/C12H13ClO4/c1-12(2)16-9(10(17-12)11(14)15)7-5-3-4-6-8(7)13/h3-6,9-10H,1-2H3,(H,14,15). The van der Waals surface area contributed by atoms with E-state index < -0.39 is 24.0 Å². The van der Waals surface area contributed by atoms with Crippen molar-refractivity contribution in [2.75, 3.05) is 0 Å². The molecule has 0 bridgehead atoms. The molecule has 0 amide bonds. The first kappa shape index (κ1) is 12.4. The van der Waals surface area contributed by atoms with Crippen LogP contribution in [0.2, 0.25) is 5.02 Å². The Hall–Kier alpha value is -1.10. The largest absolute Gasteiger partial charge is 0.479 e. The quantitative estimate of drug-likeness (QED) is 0.884. The molecule has 0 radical (unpaired) electrons. The van der Waals surface area contributed by atoms with Gasteiger partial charge in [0.05, 0.1) is 0 Å². The van der Waals surface area contributed by atoms with E-state index in [1.807, 2.05) is 0 Å². The van der Waals surface area contributed by atoms with Crippen molar-refractivity contribution in [3.8, 4) is 0 Å². The average molecular weight is 257 g/mol. The molecule has 0 aromatic heterocycles. The van der Waals surface area contributed by atoms with Crippen molar-refractivity contribution in [3.05, 3.63) is 34.9 Å². The third-order valence-corrected chi connectivity index (χ3v) is 2.90. The highest BCUT2D eigenvalue weighted by atomic mass is 35.5. The molecule has 0 spiro atoms. The van der Waals surface area contributed by atoms with E-state index in [-0.39, 0.29) is 0 Å². The van der Waals surface area contributed by atoms with Crippen molar-refractivity contribution in [3.63, 3.8) is 0 Å². The Morgan fingerprint density at radius 3 is 2.59 bits per heavy atom. The molecular weight excluding hydrogens is 244 g/mol. The predicted molar refractivity (Wildman–Crippen MR) is 61.9 cm³/mol. The van der Waals surface area contributed by atoms with Crippen LogP contribution >= 0.6 is 11.6 Å². The summed E-state index contributed by atoms with van der Waals surface area (Å²) in [6.07, 6.45) is -1.72. The Morgan fingerprint density at radius 1 is 1.35 bits per heavy atom. The van der Waals surface area contributed by atoms with E-state index in [2.05, 4.69) is 0 Å². The van der Waals surface area contributed by atoms with Gasteiger partial charge in [-0.25, -0.2) is 4.79 Å². The number of rotatable bonds is 2. The van der Waals surface area contributed by atoms with Crippen LogP contribution in [-0.2, 0) is 14.3 Å². The molecular formula is C12H13ClO4. The van der Waals surface area contributed by atoms with Crippen molar-refractivity contribution in [2.45, 2.75) is 31.8 Å². The average Bonchev–Trinajstić information content (AvgIpc) is 2.55. The number of halogens is 1. The van der Waals surface area contributed by atoms with Crippen LogP contribution in [0.3, 0.4) is 0 Å². The van der Waals surface area contributed by atoms with E-state index in [4.69, 9.17) is 26.2 Å². The van der Waals surface area contributed by atoms with Crippen LogP contribution in [0.5, 0.6) is 0 Å². The molecule has 5 heteroatoms. The molecule has 4 nitrogen and oxygen atoms in total. The summed E-state index contributed by atoms with van der Waals surface area (Å²) in [6, 6.07) is 7.01. The van der Waals surface area contributed by atoms with E-state index in [1.165, 1.54) is 0 Å². The number of aliphatic carboxylic acids is 1. The minimum absolute atomic E-state index is 0.477. The topological polar surface area (TPSA) is 55.8 Å². The fraction of sp³-hybridized carbons (Fsp3) is 0.417. The van der Waals surface area contributed by atoms with Gasteiger partial charge in [-0.05, 0) is 19.9 Å². The monoisotopic (exact) mass is 256 g/mol. The molecule has 1 aromatic carbocycles. The molecule has 17 heavy (non-hydrogen) atoms. The van der Waals surface area contributed by atoms with Crippen LogP contribution in [-0.4, -0.2) is 23.0 Å². The molecule has 1 heterocycles. The summed E-state index contributed by atoms with van der Waals surface area (Å²) in [5, 5.41) is 9.60. The molecule has 1 aliphatic heterocycles. The van der Waals surface area contributed by atoms with Crippen molar-refractivity contribution < 1.29 is 19.4 Å². The maximum Gasteiger partial charge on any atom is 0.336 e. The van der Waals surface area contributed by atoms with Crippen LogP contribution in [0.4, 0.5) is 0 Å². The van der Waals surface area contributed by atoms with Gasteiger partial charge >= 0.3 is 5.97 Å². The Kier molecular flexibility index (Phi) is 3.12. The maximum atomic E-state index is 11.1. The number of carboxylic acid groups (broad SMARTS) is 1. The Morgan fingerprint density at radius 2 is 2.00 bits per heavy atom. The van der Waals surface area contributed by atoms with Crippen molar-refractivity contribution >= 4 is 17.6 Å². The highest BCUT2D eigenvalue weighted by Crippen LogP contribution is 2.40. The third kappa shape index (κ3) is 2.44. The van der Waals surface area contributed by atoms with Crippen LogP contribution < -0.4 is 0 Å². The fourth-order valence-corrected chi connectivity index (χ4v) is 2.12. The van der Waals surface area contributed by atoms with Gasteiger partial charge in [0.1, 0.15) is 6.10 Å². The van der Waals surface area contributed by atoms with Gasteiger partial charge in [0.15, 0.2) is 11.9 Å². The number of carboxylic acids is 1. The number of ether oxygens (including phenoxy) is 2. The lowest BCUT2D eigenvalue weighted by atomic mass is 10.0. The lowest BCUT2D eigenvalue weighted by Crippen LogP contribution is -2.27. The predicted octanol–water partition coefficient (Wildman–Crippen LogP) is 2.62. The number of hydrogen-bond acceptors (Lipinski definition) is 3. The van der Waals surface area contributed by atoms with Crippen LogP contribution in [0.1, 0.15) is 25.5 Å². The first-order chi connectivity index (χ1) is 7.91. The number of carbonyl (C=O) groups is 1. The zero-order valence-electron chi connectivity index (χ0n) is 9.51. The van der Waals surface area contributed by atoms with Gasteiger partial charge in [-0.1, -0.05) is 29.8 Å². The Balaban J connectivity index is 2.37. The summed E-state index contributed by atoms with van der Waals surface area (Å²) in [7, 11) is 0. The van der Waals surface area contributed by atoms with Gasteiger partial charge in [-0.2, -0.15) is 0 Å². The molecule has 0 saturated carbocycles. The summed E-state index contributed by atoms with van der Waals surface area (Å²) in [5.41, 5.74) is 0.632. The molecule has 2 rings (SSSR count). The fourth-order valence-electron chi connectivity index (χ4n) is 1.88. The molecule has 92 valence electrons. The second kappa shape index (κ2) is 4.29. The van der Waals surface area contributed by atoms with E-state index >= 15 is 0 Å². The second-order valence-electron chi connectivity index (χ2n) is 4.34. The molecule has 1 fully saturated rings. The summed E-state index contributed by atoms with van der Waals surface area (Å²) < 4.78 is 11.0. The summed E-state index contributed by atoms with van der Waals surface area (Å²) in [6.45, 7) is 3.36. The zero-order chi connectivity index (χ0) is 12.6. The third-order valence-electron chi connectivity index (χ3n) is 2.55. The van der Waals surface area contributed by atoms with Gasteiger partial charge in [0.25, 0.3) is 0 Å². The molecule has 2 atom stereocenters. The molecule has 1 aromatic rings. The van der Waals surface area contributed by atoms with Crippen molar-refractivity contribution in [1.82, 2.24) is 0 Å². The molecule has 1 N–H and O–H groups in total. The van der Waals surface area contributed by atoms with Crippen molar-refractivity contribution in [2.24, 2.45) is 0 Å². The number of hydrogen-bond donors (Lipinski definition) is 1. The zero-order valence-corrected chi connectivity index (χ0v) is 10.3. The molecule has 1 aliphatic rings. The minimum atomic E-state index is -1.06. The Labute approximate surface area is 104 Å². The normalized spacial score (nSPS) is 27.0. The highest BCUT2D eigenvalue weighted by molar-refractivity contribution is 6.31. The molecule has 1 saturated heterocycles. The molecule has 0 aliphatic carbocycles. The van der Waals surface area contributed by atoms with Gasteiger partial charge in [0, 0.05) is 10.6 Å². The number of benzene rings is 1. The first-order valence-corrected chi connectivity index (χ1v) is 5.61. The van der Waals surface area contributed by atoms with Gasteiger partial charge in [-0.3, -0.25) is 0 Å². The summed E-state index contributed by atoms with van der Waals surface area (Å²) in [4.78, 5) is 11.1. The lowest BCUT2D eigenvalue weighted by Gasteiger charge is -2.17. The Bertz CT molecular complexity index is 444. The van der Waals surface area contributed by atoms with E-state index in [1.54, 1.807) is 38.1 Å². The summed E-state index contributed by atoms with van der Waals surface area (Å²) >= 11 is 6.04. The van der Waals surface area contributed by atoms with E-state index in [9.17, 15) is 4.79 Å². The van der Waals surface area contributed by atoms with E-state index in [0.717, 1.165) is 0 Å². The van der Waals surface area contributed by atoms with Crippen LogP contribution in [0.25, 0.3) is 0 Å². The SMILES string of the molecule is CC1(C)OC(C(=O)O)C(c2ccccc2Cl)O1.